The zero-order valence-electron chi connectivity index (χ0n) is 8.45. The third kappa shape index (κ3) is 3.09. The average molecular weight is 227 g/mol. The fourth-order valence-electron chi connectivity index (χ4n) is 1.54. The molecule has 15 heavy (non-hydrogen) atoms. The van der Waals surface area contributed by atoms with Crippen molar-refractivity contribution in [2.24, 2.45) is 11.8 Å². The summed E-state index contributed by atoms with van der Waals surface area (Å²) in [5, 5.41) is 0.720. The molecular weight excluding hydrogens is 212 g/mol. The van der Waals surface area contributed by atoms with E-state index in [0.717, 1.165) is 10.8 Å². The van der Waals surface area contributed by atoms with Gasteiger partial charge in [-0.3, -0.25) is 11.3 Å². The molecular formula is C11H15ClN2O. The van der Waals surface area contributed by atoms with Crippen LogP contribution < -0.4 is 16.0 Å². The standard InChI is InChI=1S/C11H15ClN2O/c12-9-3-5-10(6-4-9)15-7-11(14-13)8-1-2-8/h3-6,8,11,14H,1-2,7,13H2. The van der Waals surface area contributed by atoms with E-state index in [-0.39, 0.29) is 6.04 Å². The summed E-state index contributed by atoms with van der Waals surface area (Å²) >= 11 is 5.77. The molecule has 1 atom stereocenters. The summed E-state index contributed by atoms with van der Waals surface area (Å²) in [6.45, 7) is 0.614. The average Bonchev–Trinajstić information content (AvgIpc) is 3.06. The highest BCUT2D eigenvalue weighted by molar-refractivity contribution is 6.30. The highest BCUT2D eigenvalue weighted by atomic mass is 35.5. The molecule has 3 nitrogen and oxygen atoms in total. The van der Waals surface area contributed by atoms with E-state index in [4.69, 9.17) is 22.2 Å². The Balaban J connectivity index is 1.83. The first kappa shape index (κ1) is 10.7. The Bertz CT molecular complexity index is 311. The molecule has 1 aliphatic rings. The van der Waals surface area contributed by atoms with E-state index in [0.29, 0.717) is 12.5 Å². The second-order valence-corrected chi connectivity index (χ2v) is 4.31. The number of halogens is 1. The number of rotatable bonds is 5. The Kier molecular flexibility index (Phi) is 3.46. The molecule has 2 rings (SSSR count). The van der Waals surface area contributed by atoms with E-state index in [1.807, 2.05) is 24.3 Å². The fourth-order valence-corrected chi connectivity index (χ4v) is 1.66. The minimum Gasteiger partial charge on any atom is -0.492 e. The minimum absolute atomic E-state index is 0.265. The Hall–Kier alpha value is -0.770. The lowest BCUT2D eigenvalue weighted by atomic mass is 10.2. The molecule has 0 amide bonds. The first-order valence-corrected chi connectivity index (χ1v) is 5.52. The SMILES string of the molecule is NNC(COc1ccc(Cl)cc1)C1CC1. The molecule has 1 saturated carbocycles. The number of hydrogen-bond acceptors (Lipinski definition) is 3. The summed E-state index contributed by atoms with van der Waals surface area (Å²) in [6.07, 6.45) is 2.50. The molecule has 0 aliphatic heterocycles. The van der Waals surface area contributed by atoms with Crippen molar-refractivity contribution >= 4 is 11.6 Å². The fraction of sp³-hybridized carbons (Fsp3) is 0.455. The molecule has 82 valence electrons. The Morgan fingerprint density at radius 3 is 2.60 bits per heavy atom. The molecule has 0 radical (unpaired) electrons. The zero-order chi connectivity index (χ0) is 10.7. The summed E-state index contributed by atoms with van der Waals surface area (Å²) in [5.74, 6) is 6.97. The number of hydrogen-bond donors (Lipinski definition) is 2. The van der Waals surface area contributed by atoms with Crippen molar-refractivity contribution in [2.45, 2.75) is 18.9 Å². The molecule has 0 spiro atoms. The van der Waals surface area contributed by atoms with Crippen LogP contribution in [0.3, 0.4) is 0 Å². The van der Waals surface area contributed by atoms with Crippen molar-refractivity contribution in [1.29, 1.82) is 0 Å². The Labute approximate surface area is 94.5 Å². The van der Waals surface area contributed by atoms with Crippen molar-refractivity contribution in [3.05, 3.63) is 29.3 Å². The van der Waals surface area contributed by atoms with Crippen LogP contribution in [0.15, 0.2) is 24.3 Å². The molecule has 1 unspecified atom stereocenters. The van der Waals surface area contributed by atoms with Crippen molar-refractivity contribution in [2.75, 3.05) is 6.61 Å². The van der Waals surface area contributed by atoms with E-state index in [2.05, 4.69) is 5.43 Å². The summed E-state index contributed by atoms with van der Waals surface area (Å²) in [4.78, 5) is 0. The first-order chi connectivity index (χ1) is 7.29. The van der Waals surface area contributed by atoms with Crippen LogP contribution in [0, 0.1) is 5.92 Å². The van der Waals surface area contributed by atoms with E-state index in [9.17, 15) is 0 Å². The third-order valence-corrected chi connectivity index (χ3v) is 2.90. The minimum atomic E-state index is 0.265. The lowest BCUT2D eigenvalue weighted by molar-refractivity contribution is 0.250. The molecule has 1 aliphatic carbocycles. The van der Waals surface area contributed by atoms with Crippen LogP contribution in [0.2, 0.25) is 5.02 Å². The summed E-state index contributed by atoms with van der Waals surface area (Å²) < 4.78 is 5.61. The summed E-state index contributed by atoms with van der Waals surface area (Å²) in [5.41, 5.74) is 2.79. The van der Waals surface area contributed by atoms with Crippen LogP contribution >= 0.6 is 11.6 Å². The summed E-state index contributed by atoms with van der Waals surface area (Å²) in [6, 6.07) is 7.63. The van der Waals surface area contributed by atoms with Gasteiger partial charge in [-0.05, 0) is 43.0 Å². The topological polar surface area (TPSA) is 47.3 Å². The first-order valence-electron chi connectivity index (χ1n) is 5.14. The monoisotopic (exact) mass is 226 g/mol. The van der Waals surface area contributed by atoms with Gasteiger partial charge in [-0.2, -0.15) is 0 Å². The molecule has 0 heterocycles. The normalized spacial score (nSPS) is 17.5. The van der Waals surface area contributed by atoms with Gasteiger partial charge in [0.05, 0.1) is 6.04 Å². The maximum absolute atomic E-state index is 5.77. The van der Waals surface area contributed by atoms with Crippen LogP contribution in [0.5, 0.6) is 5.75 Å². The van der Waals surface area contributed by atoms with Gasteiger partial charge in [0.1, 0.15) is 12.4 Å². The van der Waals surface area contributed by atoms with Crippen LogP contribution in [-0.2, 0) is 0 Å². The van der Waals surface area contributed by atoms with Gasteiger partial charge in [0, 0.05) is 5.02 Å². The predicted octanol–water partition coefficient (Wildman–Crippen LogP) is 1.96. The summed E-state index contributed by atoms with van der Waals surface area (Å²) in [7, 11) is 0. The van der Waals surface area contributed by atoms with Crippen molar-refractivity contribution in [3.63, 3.8) is 0 Å². The Morgan fingerprint density at radius 2 is 2.07 bits per heavy atom. The quantitative estimate of drug-likeness (QED) is 0.596. The molecule has 0 saturated heterocycles. The van der Waals surface area contributed by atoms with Gasteiger partial charge in [-0.15, -0.1) is 0 Å². The van der Waals surface area contributed by atoms with Gasteiger partial charge in [0.25, 0.3) is 0 Å². The van der Waals surface area contributed by atoms with Gasteiger partial charge in [0.2, 0.25) is 0 Å². The largest absolute Gasteiger partial charge is 0.492 e. The van der Waals surface area contributed by atoms with E-state index in [1.165, 1.54) is 12.8 Å². The van der Waals surface area contributed by atoms with Gasteiger partial charge >= 0.3 is 0 Å². The van der Waals surface area contributed by atoms with Gasteiger partial charge in [-0.25, -0.2) is 0 Å². The molecule has 1 aromatic rings. The van der Waals surface area contributed by atoms with Crippen molar-refractivity contribution in [1.82, 2.24) is 5.43 Å². The smallest absolute Gasteiger partial charge is 0.119 e. The molecule has 4 heteroatoms. The van der Waals surface area contributed by atoms with E-state index in [1.54, 1.807) is 0 Å². The number of nitrogens with two attached hydrogens (primary N) is 1. The van der Waals surface area contributed by atoms with Crippen molar-refractivity contribution < 1.29 is 4.74 Å². The lowest BCUT2D eigenvalue weighted by Gasteiger charge is -2.15. The Morgan fingerprint density at radius 1 is 1.40 bits per heavy atom. The lowest BCUT2D eigenvalue weighted by Crippen LogP contribution is -2.41. The number of ether oxygens (including phenoxy) is 1. The zero-order valence-corrected chi connectivity index (χ0v) is 9.20. The molecule has 1 fully saturated rings. The maximum atomic E-state index is 5.77. The highest BCUT2D eigenvalue weighted by Gasteiger charge is 2.30. The van der Waals surface area contributed by atoms with Crippen LogP contribution in [0.1, 0.15) is 12.8 Å². The highest BCUT2D eigenvalue weighted by Crippen LogP contribution is 2.32. The van der Waals surface area contributed by atoms with Gasteiger partial charge in [-0.1, -0.05) is 11.6 Å². The molecule has 0 bridgehead atoms. The van der Waals surface area contributed by atoms with E-state index >= 15 is 0 Å². The second-order valence-electron chi connectivity index (χ2n) is 3.88. The van der Waals surface area contributed by atoms with Gasteiger partial charge < -0.3 is 4.74 Å². The third-order valence-electron chi connectivity index (χ3n) is 2.65. The van der Waals surface area contributed by atoms with Crippen LogP contribution in [-0.4, -0.2) is 12.6 Å². The van der Waals surface area contributed by atoms with E-state index < -0.39 is 0 Å². The molecule has 0 aromatic heterocycles. The molecule has 1 aromatic carbocycles. The van der Waals surface area contributed by atoms with Gasteiger partial charge in [0.15, 0.2) is 0 Å². The number of benzene rings is 1. The predicted molar refractivity (Wildman–Crippen MR) is 60.8 cm³/mol. The maximum Gasteiger partial charge on any atom is 0.119 e. The molecule has 3 N–H and O–H groups in total. The second kappa shape index (κ2) is 4.84. The number of nitrogens with one attached hydrogen (secondary N) is 1. The number of hydrazine groups is 1. The van der Waals surface area contributed by atoms with Crippen LogP contribution in [0.4, 0.5) is 0 Å². The van der Waals surface area contributed by atoms with Crippen molar-refractivity contribution in [3.8, 4) is 5.75 Å². The van der Waals surface area contributed by atoms with Crippen LogP contribution in [0.25, 0.3) is 0 Å².